The van der Waals surface area contributed by atoms with E-state index in [0.29, 0.717) is 32.5 Å². The molecule has 136 valence electrons. The third-order valence-corrected chi connectivity index (χ3v) is 6.18. The van der Waals surface area contributed by atoms with Crippen LogP contribution in [0.5, 0.6) is 0 Å². The van der Waals surface area contributed by atoms with Gasteiger partial charge < -0.3 is 9.84 Å². The SMILES string of the molecule is OC1(Cc2ccc(C=C3CCN(C4CCC4)CC3)cn2)CCOCC1. The summed E-state index contributed by atoms with van der Waals surface area (Å²) in [5.74, 6) is 0. The van der Waals surface area contributed by atoms with Crippen LogP contribution in [-0.4, -0.2) is 52.9 Å². The molecule has 0 unspecified atom stereocenters. The Bertz CT molecular complexity index is 591. The number of nitrogens with zero attached hydrogens (tertiary/aromatic N) is 2. The molecule has 1 aliphatic carbocycles. The van der Waals surface area contributed by atoms with Gasteiger partial charge in [-0.1, -0.05) is 24.1 Å². The summed E-state index contributed by atoms with van der Waals surface area (Å²) in [6.07, 6.45) is 12.9. The van der Waals surface area contributed by atoms with Gasteiger partial charge in [0.25, 0.3) is 0 Å². The number of likely N-dealkylation sites (tertiary alicyclic amines) is 1. The summed E-state index contributed by atoms with van der Waals surface area (Å²) in [5.41, 5.74) is 3.08. The maximum absolute atomic E-state index is 10.6. The van der Waals surface area contributed by atoms with Gasteiger partial charge >= 0.3 is 0 Å². The quantitative estimate of drug-likeness (QED) is 0.913. The Morgan fingerprint density at radius 3 is 2.56 bits per heavy atom. The second-order valence-corrected chi connectivity index (χ2v) is 8.02. The zero-order chi connectivity index (χ0) is 17.1. The molecule has 0 spiro atoms. The smallest absolute Gasteiger partial charge is 0.0746 e. The van der Waals surface area contributed by atoms with Crippen LogP contribution in [0.15, 0.2) is 23.9 Å². The molecular formula is C21H30N2O2. The monoisotopic (exact) mass is 342 g/mol. The molecule has 0 bridgehead atoms. The first-order chi connectivity index (χ1) is 12.2. The van der Waals surface area contributed by atoms with Crippen molar-refractivity contribution < 1.29 is 9.84 Å². The van der Waals surface area contributed by atoms with Gasteiger partial charge in [-0.15, -0.1) is 0 Å². The van der Waals surface area contributed by atoms with Crippen molar-refractivity contribution in [1.82, 2.24) is 9.88 Å². The molecule has 2 aliphatic heterocycles. The second kappa shape index (κ2) is 7.56. The van der Waals surface area contributed by atoms with Crippen LogP contribution in [-0.2, 0) is 11.2 Å². The van der Waals surface area contributed by atoms with E-state index in [1.807, 2.05) is 6.20 Å². The fourth-order valence-corrected chi connectivity index (χ4v) is 4.20. The summed E-state index contributed by atoms with van der Waals surface area (Å²) < 4.78 is 5.35. The first-order valence-electron chi connectivity index (χ1n) is 9.89. The summed E-state index contributed by atoms with van der Waals surface area (Å²) in [5, 5.41) is 10.6. The summed E-state index contributed by atoms with van der Waals surface area (Å²) >= 11 is 0. The zero-order valence-corrected chi connectivity index (χ0v) is 15.1. The lowest BCUT2D eigenvalue weighted by Gasteiger charge is -2.40. The van der Waals surface area contributed by atoms with Crippen molar-refractivity contribution in [2.75, 3.05) is 26.3 Å². The van der Waals surface area contributed by atoms with Crippen molar-refractivity contribution in [3.8, 4) is 0 Å². The zero-order valence-electron chi connectivity index (χ0n) is 15.1. The van der Waals surface area contributed by atoms with E-state index in [9.17, 15) is 5.11 Å². The van der Waals surface area contributed by atoms with Crippen LogP contribution in [0.3, 0.4) is 0 Å². The van der Waals surface area contributed by atoms with Crippen molar-refractivity contribution in [3.05, 3.63) is 35.2 Å². The van der Waals surface area contributed by atoms with Crippen LogP contribution < -0.4 is 0 Å². The standard InChI is InChI=1S/C21H30N2O2/c24-21(8-12-25-13-9-21)15-19-5-4-18(16-22-19)14-17-6-10-23(11-7-17)20-2-1-3-20/h4-5,14,16,20,24H,1-3,6-13,15H2. The summed E-state index contributed by atoms with van der Waals surface area (Å²) in [6.45, 7) is 3.74. The van der Waals surface area contributed by atoms with Crippen molar-refractivity contribution in [3.63, 3.8) is 0 Å². The minimum Gasteiger partial charge on any atom is -0.389 e. The normalized spacial score (nSPS) is 24.8. The lowest BCUT2D eigenvalue weighted by atomic mass is 9.89. The van der Waals surface area contributed by atoms with Crippen molar-refractivity contribution >= 4 is 6.08 Å². The third-order valence-electron chi connectivity index (χ3n) is 6.18. The van der Waals surface area contributed by atoms with Gasteiger partial charge in [0.2, 0.25) is 0 Å². The third kappa shape index (κ3) is 4.30. The van der Waals surface area contributed by atoms with Crippen LogP contribution >= 0.6 is 0 Å². The van der Waals surface area contributed by atoms with Crippen LogP contribution in [0.2, 0.25) is 0 Å². The van der Waals surface area contributed by atoms with E-state index < -0.39 is 5.60 Å². The molecule has 4 heteroatoms. The van der Waals surface area contributed by atoms with E-state index in [-0.39, 0.29) is 0 Å². The van der Waals surface area contributed by atoms with Gasteiger partial charge in [-0.05, 0) is 50.2 Å². The van der Waals surface area contributed by atoms with Gasteiger partial charge in [-0.2, -0.15) is 0 Å². The molecule has 1 saturated carbocycles. The lowest BCUT2D eigenvalue weighted by Crippen LogP contribution is -2.43. The molecule has 2 saturated heterocycles. The van der Waals surface area contributed by atoms with Crippen LogP contribution in [0.1, 0.15) is 56.2 Å². The van der Waals surface area contributed by atoms with Gasteiger partial charge in [0.05, 0.1) is 5.60 Å². The van der Waals surface area contributed by atoms with Crippen molar-refractivity contribution in [2.45, 2.75) is 63.0 Å². The molecule has 4 rings (SSSR count). The number of hydrogen-bond acceptors (Lipinski definition) is 4. The van der Waals surface area contributed by atoms with Gasteiger partial charge in [0, 0.05) is 50.7 Å². The summed E-state index contributed by atoms with van der Waals surface area (Å²) in [4.78, 5) is 7.27. The Morgan fingerprint density at radius 1 is 1.20 bits per heavy atom. The first kappa shape index (κ1) is 17.2. The highest BCUT2D eigenvalue weighted by Gasteiger charge is 2.30. The fourth-order valence-electron chi connectivity index (χ4n) is 4.20. The Morgan fingerprint density at radius 2 is 1.96 bits per heavy atom. The predicted molar refractivity (Wildman–Crippen MR) is 99.4 cm³/mol. The Balaban J connectivity index is 1.32. The lowest BCUT2D eigenvalue weighted by molar-refractivity contribution is -0.0630. The molecule has 0 radical (unpaired) electrons. The molecule has 0 amide bonds. The molecular weight excluding hydrogens is 312 g/mol. The number of aromatic nitrogens is 1. The molecule has 3 aliphatic rings. The van der Waals surface area contributed by atoms with Gasteiger partial charge in [0.1, 0.15) is 0 Å². The minimum atomic E-state index is -0.639. The Labute approximate surface area is 150 Å². The molecule has 4 nitrogen and oxygen atoms in total. The second-order valence-electron chi connectivity index (χ2n) is 8.02. The summed E-state index contributed by atoms with van der Waals surface area (Å²) in [6, 6.07) is 5.10. The maximum Gasteiger partial charge on any atom is 0.0746 e. The highest BCUT2D eigenvalue weighted by Crippen LogP contribution is 2.29. The number of ether oxygens (including phenoxy) is 1. The van der Waals surface area contributed by atoms with E-state index >= 15 is 0 Å². The Kier molecular flexibility index (Phi) is 5.20. The molecule has 25 heavy (non-hydrogen) atoms. The molecule has 1 aromatic rings. The average Bonchev–Trinajstić information content (AvgIpc) is 2.57. The van der Waals surface area contributed by atoms with E-state index in [0.717, 1.165) is 11.7 Å². The van der Waals surface area contributed by atoms with E-state index in [1.54, 1.807) is 5.57 Å². The predicted octanol–water partition coefficient (Wildman–Crippen LogP) is 3.20. The molecule has 0 atom stereocenters. The van der Waals surface area contributed by atoms with Gasteiger partial charge in [-0.25, -0.2) is 0 Å². The fraction of sp³-hybridized carbons (Fsp3) is 0.667. The summed E-state index contributed by atoms with van der Waals surface area (Å²) in [7, 11) is 0. The van der Waals surface area contributed by atoms with Crippen LogP contribution in [0, 0.1) is 0 Å². The molecule has 3 fully saturated rings. The van der Waals surface area contributed by atoms with Gasteiger partial charge in [0.15, 0.2) is 0 Å². The highest BCUT2D eigenvalue weighted by molar-refractivity contribution is 5.52. The number of piperidine rings is 1. The number of pyridine rings is 1. The van der Waals surface area contributed by atoms with E-state index in [2.05, 4.69) is 28.1 Å². The highest BCUT2D eigenvalue weighted by atomic mass is 16.5. The van der Waals surface area contributed by atoms with Crippen molar-refractivity contribution in [2.24, 2.45) is 0 Å². The number of rotatable bonds is 4. The van der Waals surface area contributed by atoms with E-state index in [1.165, 1.54) is 50.8 Å². The molecule has 1 N–H and O–H groups in total. The topological polar surface area (TPSA) is 45.6 Å². The first-order valence-corrected chi connectivity index (χ1v) is 9.89. The van der Waals surface area contributed by atoms with E-state index in [4.69, 9.17) is 4.74 Å². The maximum atomic E-state index is 10.6. The molecule has 3 heterocycles. The minimum absolute atomic E-state index is 0.629. The average molecular weight is 342 g/mol. The largest absolute Gasteiger partial charge is 0.389 e. The number of aliphatic hydroxyl groups is 1. The van der Waals surface area contributed by atoms with Crippen LogP contribution in [0.4, 0.5) is 0 Å². The van der Waals surface area contributed by atoms with Crippen molar-refractivity contribution in [1.29, 1.82) is 0 Å². The van der Waals surface area contributed by atoms with Gasteiger partial charge in [-0.3, -0.25) is 9.88 Å². The Hall–Kier alpha value is -1.23. The van der Waals surface area contributed by atoms with Crippen LogP contribution in [0.25, 0.3) is 6.08 Å². The molecule has 0 aromatic carbocycles. The number of hydrogen-bond donors (Lipinski definition) is 1. The molecule has 1 aromatic heterocycles.